The Morgan fingerprint density at radius 2 is 1.71 bits per heavy atom. The van der Waals surface area contributed by atoms with Gasteiger partial charge in [-0.05, 0) is 30.5 Å². The van der Waals surface area contributed by atoms with Crippen LogP contribution in [0.2, 0.25) is 0 Å². The summed E-state index contributed by atoms with van der Waals surface area (Å²) in [6.45, 7) is 4.91. The zero-order valence-electron chi connectivity index (χ0n) is 28.1. The van der Waals surface area contributed by atoms with Crippen LogP contribution in [0.25, 0.3) is 11.5 Å². The summed E-state index contributed by atoms with van der Waals surface area (Å²) in [5.74, 6) is -2.05. The van der Waals surface area contributed by atoms with Gasteiger partial charge < -0.3 is 35.3 Å². The van der Waals surface area contributed by atoms with Gasteiger partial charge in [-0.15, -0.1) is 0 Å². The zero-order valence-corrected chi connectivity index (χ0v) is 28.1. The number of aromatic nitrogens is 1. The van der Waals surface area contributed by atoms with E-state index in [1.165, 1.54) is 9.80 Å². The van der Waals surface area contributed by atoms with Crippen molar-refractivity contribution in [2.45, 2.75) is 70.7 Å². The van der Waals surface area contributed by atoms with Crippen LogP contribution < -0.4 is 16.0 Å². The van der Waals surface area contributed by atoms with Crippen LogP contribution in [-0.4, -0.2) is 99.8 Å². The molecule has 0 unspecified atom stereocenters. The van der Waals surface area contributed by atoms with Crippen molar-refractivity contribution in [3.63, 3.8) is 0 Å². The lowest BCUT2D eigenvalue weighted by atomic mass is 9.97. The number of hydrogen-bond acceptors (Lipinski definition) is 8. The van der Waals surface area contributed by atoms with Crippen LogP contribution in [0.1, 0.15) is 43.7 Å². The first-order valence-electron chi connectivity index (χ1n) is 16.7. The molecule has 5 amide bonds. The standard InChI is InChI=1S/C36H44N6O7/c1-4-22(2)32-36(48)42-20-26(43)18-29(42)34(47)38-28(17-24-11-7-5-8-12-24)33(46)37-15-16-41(21-30(44)40-32)31(45)19-27-23(3)49-35(39-27)25-13-9-6-10-14-25/h5-14,22,26,28-29,32,43H,4,15-21H2,1-3H3,(H,37,46)(H,38,47)(H,40,44)/t22-,26+,28-,29-,32-/m0/s1. The van der Waals surface area contributed by atoms with Crippen molar-refractivity contribution in [3.05, 3.63) is 77.7 Å². The molecular formula is C36H44N6O7. The molecule has 2 aliphatic rings. The van der Waals surface area contributed by atoms with Gasteiger partial charge in [0.05, 0.1) is 24.8 Å². The van der Waals surface area contributed by atoms with E-state index in [-0.39, 0.29) is 51.4 Å². The number of nitrogens with one attached hydrogen (secondary N) is 3. The van der Waals surface area contributed by atoms with E-state index >= 15 is 0 Å². The monoisotopic (exact) mass is 672 g/mol. The molecule has 13 nitrogen and oxygen atoms in total. The van der Waals surface area contributed by atoms with Crippen LogP contribution in [0.15, 0.2) is 65.1 Å². The van der Waals surface area contributed by atoms with Crippen LogP contribution in [-0.2, 0) is 36.8 Å². The van der Waals surface area contributed by atoms with E-state index in [1.807, 2.05) is 74.5 Å². The van der Waals surface area contributed by atoms with E-state index in [1.54, 1.807) is 6.92 Å². The van der Waals surface area contributed by atoms with Crippen molar-refractivity contribution >= 4 is 29.5 Å². The number of nitrogens with zero attached hydrogens (tertiary/aromatic N) is 3. The van der Waals surface area contributed by atoms with E-state index in [0.29, 0.717) is 23.8 Å². The molecule has 0 spiro atoms. The lowest BCUT2D eigenvalue weighted by Gasteiger charge is -2.32. The topological polar surface area (TPSA) is 174 Å². The second-order valence-electron chi connectivity index (χ2n) is 12.7. The van der Waals surface area contributed by atoms with Gasteiger partial charge in [0.25, 0.3) is 0 Å². The number of aliphatic hydroxyl groups is 1. The van der Waals surface area contributed by atoms with Crippen molar-refractivity contribution < 1.29 is 33.5 Å². The third kappa shape index (κ3) is 8.71. The molecule has 0 aliphatic carbocycles. The minimum absolute atomic E-state index is 0.00580. The highest BCUT2D eigenvalue weighted by molar-refractivity contribution is 5.95. The van der Waals surface area contributed by atoms with Crippen LogP contribution in [0.4, 0.5) is 0 Å². The Morgan fingerprint density at radius 3 is 2.41 bits per heavy atom. The van der Waals surface area contributed by atoms with Gasteiger partial charge in [-0.3, -0.25) is 24.0 Å². The number of amides is 5. The number of fused-ring (bicyclic) bond motifs is 1. The Hall–Kier alpha value is -5.04. The normalized spacial score (nSPS) is 23.1. The van der Waals surface area contributed by atoms with Gasteiger partial charge in [-0.25, -0.2) is 4.98 Å². The maximum Gasteiger partial charge on any atom is 0.246 e. The highest BCUT2D eigenvalue weighted by Gasteiger charge is 2.43. The van der Waals surface area contributed by atoms with E-state index < -0.39 is 53.8 Å². The maximum absolute atomic E-state index is 14.0. The van der Waals surface area contributed by atoms with Gasteiger partial charge in [0.1, 0.15) is 23.9 Å². The summed E-state index contributed by atoms with van der Waals surface area (Å²) >= 11 is 0. The third-order valence-electron chi connectivity index (χ3n) is 9.18. The van der Waals surface area contributed by atoms with Crippen molar-refractivity contribution in [1.29, 1.82) is 0 Å². The molecule has 3 aromatic rings. The molecule has 4 N–H and O–H groups in total. The molecule has 2 saturated heterocycles. The van der Waals surface area contributed by atoms with E-state index in [4.69, 9.17) is 4.42 Å². The van der Waals surface area contributed by atoms with Crippen LogP contribution in [0.5, 0.6) is 0 Å². The highest BCUT2D eigenvalue weighted by atomic mass is 16.4. The second-order valence-corrected chi connectivity index (χ2v) is 12.7. The quantitative estimate of drug-likeness (QED) is 0.291. The summed E-state index contributed by atoms with van der Waals surface area (Å²) in [6.07, 6.45) is -0.400. The molecule has 1 aromatic heterocycles. The molecule has 0 bridgehead atoms. The number of benzene rings is 2. The van der Waals surface area contributed by atoms with E-state index in [2.05, 4.69) is 20.9 Å². The Balaban J connectivity index is 1.42. The summed E-state index contributed by atoms with van der Waals surface area (Å²) in [7, 11) is 0. The number of carbonyl (C=O) groups excluding carboxylic acids is 5. The van der Waals surface area contributed by atoms with Gasteiger partial charge in [0.15, 0.2) is 0 Å². The lowest BCUT2D eigenvalue weighted by molar-refractivity contribution is -0.143. The average molecular weight is 673 g/mol. The largest absolute Gasteiger partial charge is 0.441 e. The Labute approximate surface area is 285 Å². The molecule has 2 aliphatic heterocycles. The molecule has 0 saturated carbocycles. The molecule has 260 valence electrons. The number of carbonyl (C=O) groups is 5. The van der Waals surface area contributed by atoms with Crippen molar-refractivity contribution in [1.82, 2.24) is 30.7 Å². The maximum atomic E-state index is 14.0. The fourth-order valence-electron chi connectivity index (χ4n) is 6.17. The summed E-state index contributed by atoms with van der Waals surface area (Å²) in [6, 6.07) is 15.4. The number of oxazole rings is 1. The first kappa shape index (κ1) is 35.3. The van der Waals surface area contributed by atoms with Crippen LogP contribution >= 0.6 is 0 Å². The first-order chi connectivity index (χ1) is 23.5. The summed E-state index contributed by atoms with van der Waals surface area (Å²) in [5, 5.41) is 19.0. The van der Waals surface area contributed by atoms with E-state index in [0.717, 1.165) is 11.1 Å². The molecule has 3 heterocycles. The third-order valence-corrected chi connectivity index (χ3v) is 9.18. The lowest BCUT2D eigenvalue weighted by Crippen LogP contribution is -2.58. The summed E-state index contributed by atoms with van der Waals surface area (Å²) in [5.41, 5.74) is 1.98. The fraction of sp³-hybridized carbons (Fsp3) is 0.444. The Bertz CT molecular complexity index is 1650. The predicted molar refractivity (Wildman–Crippen MR) is 180 cm³/mol. The summed E-state index contributed by atoms with van der Waals surface area (Å²) < 4.78 is 5.84. The number of hydrogen-bond donors (Lipinski definition) is 4. The van der Waals surface area contributed by atoms with Gasteiger partial charge in [-0.1, -0.05) is 68.8 Å². The SMILES string of the molecule is CC[C@H](C)[C@@H]1NC(=O)CN(C(=O)Cc2nc(-c3ccccc3)oc2C)CCNC(=O)[C@H](Cc2ccccc2)NC(=O)[C@@H]2C[C@@H](O)CN2C1=O. The second kappa shape index (κ2) is 15.9. The molecule has 49 heavy (non-hydrogen) atoms. The molecule has 2 fully saturated rings. The zero-order chi connectivity index (χ0) is 35.1. The molecular weight excluding hydrogens is 628 g/mol. The van der Waals surface area contributed by atoms with Crippen molar-refractivity contribution in [2.75, 3.05) is 26.2 Å². The van der Waals surface area contributed by atoms with Crippen molar-refractivity contribution in [3.8, 4) is 11.5 Å². The number of aryl methyl sites for hydroxylation is 1. The summed E-state index contributed by atoms with van der Waals surface area (Å²) in [4.78, 5) is 75.6. The highest BCUT2D eigenvalue weighted by Crippen LogP contribution is 2.24. The number of rotatable bonds is 7. The minimum Gasteiger partial charge on any atom is -0.441 e. The fourth-order valence-corrected chi connectivity index (χ4v) is 6.17. The molecule has 5 atom stereocenters. The van der Waals surface area contributed by atoms with Crippen LogP contribution in [0.3, 0.4) is 0 Å². The Morgan fingerprint density at radius 1 is 1.02 bits per heavy atom. The smallest absolute Gasteiger partial charge is 0.246 e. The van der Waals surface area contributed by atoms with Gasteiger partial charge >= 0.3 is 0 Å². The molecule has 2 aromatic carbocycles. The van der Waals surface area contributed by atoms with Gasteiger partial charge in [-0.2, -0.15) is 0 Å². The van der Waals surface area contributed by atoms with E-state index in [9.17, 15) is 29.1 Å². The molecule has 0 radical (unpaired) electrons. The number of aliphatic hydroxyl groups excluding tert-OH is 1. The molecule has 5 rings (SSSR count). The first-order valence-corrected chi connectivity index (χ1v) is 16.7. The van der Waals surface area contributed by atoms with Gasteiger partial charge in [0, 0.05) is 38.0 Å². The van der Waals surface area contributed by atoms with Crippen LogP contribution in [0, 0.1) is 12.8 Å². The van der Waals surface area contributed by atoms with Crippen molar-refractivity contribution in [2.24, 2.45) is 5.92 Å². The Kier molecular flexibility index (Phi) is 11.4. The predicted octanol–water partition coefficient (Wildman–Crippen LogP) is 1.37. The average Bonchev–Trinajstić information content (AvgIpc) is 3.67. The van der Waals surface area contributed by atoms with Gasteiger partial charge in [0.2, 0.25) is 35.4 Å². The molecule has 13 heteroatoms. The minimum atomic E-state index is -1.04.